The van der Waals surface area contributed by atoms with Gasteiger partial charge in [-0.05, 0) is 44.4 Å². The lowest BCUT2D eigenvalue weighted by Crippen LogP contribution is -2.34. The quantitative estimate of drug-likeness (QED) is 0.378. The molecule has 7 heteroatoms. The maximum Gasteiger partial charge on any atom is 0.262 e. The number of ether oxygens (including phenoxy) is 1. The van der Waals surface area contributed by atoms with Crippen LogP contribution >= 0.6 is 11.8 Å². The molecule has 0 N–H and O–H groups in total. The second-order valence-corrected chi connectivity index (χ2v) is 8.95. The zero-order valence-electron chi connectivity index (χ0n) is 18.6. The third kappa shape index (κ3) is 4.74. The Morgan fingerprint density at radius 2 is 1.88 bits per heavy atom. The van der Waals surface area contributed by atoms with Gasteiger partial charge in [-0.2, -0.15) is 0 Å². The molecule has 3 aromatic rings. The van der Waals surface area contributed by atoms with Crippen LogP contribution in [0.3, 0.4) is 0 Å². The first-order valence-corrected chi connectivity index (χ1v) is 12.1. The summed E-state index contributed by atoms with van der Waals surface area (Å²) in [5.41, 5.74) is 1.46. The molecule has 0 spiro atoms. The molecule has 1 aliphatic heterocycles. The molecule has 4 rings (SSSR count). The zero-order valence-corrected chi connectivity index (χ0v) is 19.4. The van der Waals surface area contributed by atoms with E-state index in [1.165, 1.54) is 11.8 Å². The number of para-hydroxylation sites is 1. The smallest absolute Gasteiger partial charge is 0.262 e. The minimum Gasteiger partial charge on any atom is -0.376 e. The molecule has 1 amide bonds. The van der Waals surface area contributed by atoms with E-state index in [1.807, 2.05) is 67.3 Å². The summed E-state index contributed by atoms with van der Waals surface area (Å²) in [7, 11) is 0. The van der Waals surface area contributed by atoms with Crippen LogP contribution in [0.25, 0.3) is 10.9 Å². The van der Waals surface area contributed by atoms with Gasteiger partial charge in [-0.3, -0.25) is 14.2 Å². The van der Waals surface area contributed by atoms with Gasteiger partial charge in [0.2, 0.25) is 5.91 Å². The van der Waals surface area contributed by atoms with Gasteiger partial charge in [-0.1, -0.05) is 54.2 Å². The van der Waals surface area contributed by atoms with Gasteiger partial charge in [-0.15, -0.1) is 0 Å². The van der Waals surface area contributed by atoms with E-state index in [9.17, 15) is 9.59 Å². The van der Waals surface area contributed by atoms with E-state index in [0.29, 0.717) is 35.7 Å². The molecule has 2 atom stereocenters. The molecule has 0 unspecified atom stereocenters. The number of thioether (sulfide) groups is 1. The van der Waals surface area contributed by atoms with E-state index in [0.717, 1.165) is 25.0 Å². The van der Waals surface area contributed by atoms with Crippen molar-refractivity contribution in [2.45, 2.75) is 49.7 Å². The minimum absolute atomic E-state index is 0.0105. The molecule has 168 valence electrons. The van der Waals surface area contributed by atoms with E-state index < -0.39 is 5.25 Å². The fourth-order valence-corrected chi connectivity index (χ4v) is 5.28. The van der Waals surface area contributed by atoms with Gasteiger partial charge in [0.1, 0.15) is 5.25 Å². The molecule has 1 saturated heterocycles. The van der Waals surface area contributed by atoms with E-state index in [4.69, 9.17) is 9.72 Å². The summed E-state index contributed by atoms with van der Waals surface area (Å²) < 4.78 is 7.52. The predicted molar refractivity (Wildman–Crippen MR) is 128 cm³/mol. The predicted octanol–water partition coefficient (Wildman–Crippen LogP) is 4.28. The van der Waals surface area contributed by atoms with Crippen LogP contribution in [0.4, 0.5) is 0 Å². The van der Waals surface area contributed by atoms with E-state index in [-0.39, 0.29) is 17.6 Å². The van der Waals surface area contributed by atoms with Crippen molar-refractivity contribution in [2.75, 3.05) is 19.7 Å². The first kappa shape index (κ1) is 22.6. The highest BCUT2D eigenvalue weighted by atomic mass is 32.2. The van der Waals surface area contributed by atoms with Crippen molar-refractivity contribution in [1.29, 1.82) is 0 Å². The Kier molecular flexibility index (Phi) is 7.27. The van der Waals surface area contributed by atoms with Crippen molar-refractivity contribution in [3.05, 3.63) is 70.5 Å². The maximum absolute atomic E-state index is 13.5. The van der Waals surface area contributed by atoms with Crippen molar-refractivity contribution >= 4 is 28.6 Å². The molecule has 1 fully saturated rings. The van der Waals surface area contributed by atoms with Crippen LogP contribution in [0.15, 0.2) is 64.5 Å². The number of carbonyl (C=O) groups excluding carboxylic acids is 1. The first-order chi connectivity index (χ1) is 15.6. The van der Waals surface area contributed by atoms with Crippen molar-refractivity contribution in [3.63, 3.8) is 0 Å². The second kappa shape index (κ2) is 10.3. The fraction of sp³-hybridized carbons (Fsp3) is 0.400. The van der Waals surface area contributed by atoms with Crippen LogP contribution in [0.5, 0.6) is 0 Å². The molecule has 0 aliphatic carbocycles. The SMILES string of the molecule is CCN(CC)C(=O)[C@@H](Sc1nc2ccccc2c(=O)n1C[C@H]1CCCO1)c1ccccc1. The van der Waals surface area contributed by atoms with Crippen LogP contribution in [0, 0.1) is 0 Å². The number of likely N-dealkylation sites (N-methyl/N-ethyl adjacent to an activating group) is 1. The summed E-state index contributed by atoms with van der Waals surface area (Å²) in [6.07, 6.45) is 1.91. The molecule has 1 aromatic heterocycles. The number of hydrogen-bond donors (Lipinski definition) is 0. The molecular weight excluding hydrogens is 422 g/mol. The molecule has 32 heavy (non-hydrogen) atoms. The average molecular weight is 452 g/mol. The Balaban J connectivity index is 1.80. The summed E-state index contributed by atoms with van der Waals surface area (Å²) in [5.74, 6) is 0.0253. The molecule has 0 bridgehead atoms. The van der Waals surface area contributed by atoms with Crippen molar-refractivity contribution in [1.82, 2.24) is 14.5 Å². The molecule has 1 aliphatic rings. The third-order valence-corrected chi connectivity index (χ3v) is 7.09. The van der Waals surface area contributed by atoms with Gasteiger partial charge in [-0.25, -0.2) is 4.98 Å². The Labute approximate surface area is 192 Å². The number of amides is 1. The fourth-order valence-electron chi connectivity index (χ4n) is 4.09. The van der Waals surface area contributed by atoms with Crippen molar-refractivity contribution in [2.24, 2.45) is 0 Å². The van der Waals surface area contributed by atoms with Crippen LogP contribution in [0.1, 0.15) is 37.5 Å². The Morgan fingerprint density at radius 3 is 2.56 bits per heavy atom. The van der Waals surface area contributed by atoms with Crippen LogP contribution in [-0.2, 0) is 16.1 Å². The lowest BCUT2D eigenvalue weighted by molar-refractivity contribution is -0.130. The van der Waals surface area contributed by atoms with Gasteiger partial charge < -0.3 is 9.64 Å². The van der Waals surface area contributed by atoms with Gasteiger partial charge in [0.05, 0.1) is 23.6 Å². The first-order valence-electron chi connectivity index (χ1n) is 11.2. The van der Waals surface area contributed by atoms with Gasteiger partial charge in [0, 0.05) is 19.7 Å². The highest BCUT2D eigenvalue weighted by Crippen LogP contribution is 2.36. The number of benzene rings is 2. The topological polar surface area (TPSA) is 64.4 Å². The Hall–Kier alpha value is -2.64. The van der Waals surface area contributed by atoms with Crippen LogP contribution < -0.4 is 5.56 Å². The number of aromatic nitrogens is 2. The van der Waals surface area contributed by atoms with Crippen molar-refractivity contribution < 1.29 is 9.53 Å². The highest BCUT2D eigenvalue weighted by molar-refractivity contribution is 8.00. The normalized spacial score (nSPS) is 16.9. The van der Waals surface area contributed by atoms with Gasteiger partial charge in [0.15, 0.2) is 5.16 Å². The van der Waals surface area contributed by atoms with E-state index in [2.05, 4.69) is 0 Å². The second-order valence-electron chi connectivity index (χ2n) is 7.88. The average Bonchev–Trinajstić information content (AvgIpc) is 3.34. The number of hydrogen-bond acceptors (Lipinski definition) is 5. The van der Waals surface area contributed by atoms with E-state index >= 15 is 0 Å². The summed E-state index contributed by atoms with van der Waals surface area (Å²) in [5, 5.41) is 0.652. The van der Waals surface area contributed by atoms with Gasteiger partial charge in [0.25, 0.3) is 5.56 Å². The third-order valence-electron chi connectivity index (χ3n) is 5.86. The lowest BCUT2D eigenvalue weighted by Gasteiger charge is -2.26. The standard InChI is InChI=1S/C25H29N3O3S/c1-3-27(4-2)24(30)22(18-11-6-5-7-12-18)32-25-26-21-15-9-8-14-20(21)23(29)28(25)17-19-13-10-16-31-19/h5-9,11-12,14-15,19,22H,3-4,10,13,16-17H2,1-2H3/t19-,22+/m1/s1. The molecular formula is C25H29N3O3S. The maximum atomic E-state index is 13.5. The molecule has 2 aromatic carbocycles. The number of nitrogens with zero attached hydrogens (tertiary/aromatic N) is 3. The van der Waals surface area contributed by atoms with Gasteiger partial charge >= 0.3 is 0 Å². The summed E-state index contributed by atoms with van der Waals surface area (Å²) in [6, 6.07) is 17.1. The van der Waals surface area contributed by atoms with E-state index in [1.54, 1.807) is 10.6 Å². The summed E-state index contributed by atoms with van der Waals surface area (Å²) in [4.78, 5) is 33.6. The number of fused-ring (bicyclic) bond motifs is 1. The number of carbonyl (C=O) groups is 1. The highest BCUT2D eigenvalue weighted by Gasteiger charge is 2.29. The van der Waals surface area contributed by atoms with Crippen LogP contribution in [0.2, 0.25) is 0 Å². The summed E-state index contributed by atoms with van der Waals surface area (Å²) >= 11 is 1.35. The summed E-state index contributed by atoms with van der Waals surface area (Å²) in [6.45, 7) is 6.39. The minimum atomic E-state index is -0.486. The Morgan fingerprint density at radius 1 is 1.16 bits per heavy atom. The molecule has 2 heterocycles. The van der Waals surface area contributed by atoms with Crippen molar-refractivity contribution in [3.8, 4) is 0 Å². The monoisotopic (exact) mass is 451 g/mol. The van der Waals surface area contributed by atoms with Crippen LogP contribution in [-0.4, -0.2) is 46.2 Å². The lowest BCUT2D eigenvalue weighted by atomic mass is 10.1. The molecule has 6 nitrogen and oxygen atoms in total. The largest absolute Gasteiger partial charge is 0.376 e. The molecule has 0 radical (unpaired) electrons. The molecule has 0 saturated carbocycles. The Bertz CT molecular complexity index is 1120. The zero-order chi connectivity index (χ0) is 22.5. The number of rotatable bonds is 8.